The maximum atomic E-state index is 10.5. The molecule has 0 aliphatic rings. The maximum Gasteiger partial charge on any atom is 0.180 e. The second-order valence-electron chi connectivity index (χ2n) is 2.41. The normalized spacial score (nSPS) is 11.2. The molecule has 0 saturated heterocycles. The summed E-state index contributed by atoms with van der Waals surface area (Å²) in [5.74, 6) is -0.0868. The van der Waals surface area contributed by atoms with Crippen LogP contribution in [0.3, 0.4) is 0 Å². The molecule has 0 saturated carbocycles. The molecule has 0 bridgehead atoms. The van der Waals surface area contributed by atoms with Crippen LogP contribution in [0.5, 0.6) is 0 Å². The van der Waals surface area contributed by atoms with Gasteiger partial charge in [0.15, 0.2) is 5.65 Å². The van der Waals surface area contributed by atoms with E-state index in [1.807, 2.05) is 0 Å². The number of imidazole rings is 1. The zero-order valence-corrected chi connectivity index (χ0v) is 7.36. The van der Waals surface area contributed by atoms with Crippen LogP contribution in [0.2, 0.25) is 0 Å². The minimum absolute atomic E-state index is 0.0868. The average molecular weight is 198 g/mol. The Morgan fingerprint density at radius 3 is 2.92 bits per heavy atom. The van der Waals surface area contributed by atoms with Gasteiger partial charge in [-0.25, -0.2) is 23.4 Å². The zero-order chi connectivity index (χ0) is 9.26. The van der Waals surface area contributed by atoms with Gasteiger partial charge in [0.2, 0.25) is 0 Å². The van der Waals surface area contributed by atoms with Crippen molar-refractivity contribution in [2.45, 2.75) is 5.75 Å². The van der Waals surface area contributed by atoms with Crippen LogP contribution in [-0.2, 0) is 16.5 Å². The van der Waals surface area contributed by atoms with Crippen LogP contribution in [0, 0.1) is 0 Å². The summed E-state index contributed by atoms with van der Waals surface area (Å²) in [6, 6.07) is 0. The van der Waals surface area contributed by atoms with Crippen molar-refractivity contribution in [3.8, 4) is 0 Å². The Bertz CT molecular complexity index is 496. The summed E-state index contributed by atoms with van der Waals surface area (Å²) in [6.07, 6.45) is 2.76. The van der Waals surface area contributed by atoms with E-state index in [0.717, 1.165) is 0 Å². The minimum atomic E-state index is -2.47. The maximum absolute atomic E-state index is 10.5. The standard InChI is InChI=1S/C6H6N4O2S/c11-13(12)1-4-5-6(9-2-7-4)10-3-8-5/h2-3,13H,1H2,(H,7,8,9,10). The number of H-pyrrole nitrogens is 1. The highest BCUT2D eigenvalue weighted by Crippen LogP contribution is 2.09. The molecule has 0 radical (unpaired) electrons. The molecule has 13 heavy (non-hydrogen) atoms. The molecule has 2 aromatic rings. The number of aromatic nitrogens is 4. The van der Waals surface area contributed by atoms with Crippen molar-refractivity contribution >= 4 is 21.9 Å². The number of hydrogen-bond donors (Lipinski definition) is 2. The number of thiol groups is 1. The fourth-order valence-corrected chi connectivity index (χ4v) is 1.54. The van der Waals surface area contributed by atoms with Crippen LogP contribution in [0.4, 0.5) is 0 Å². The second kappa shape index (κ2) is 3.09. The highest BCUT2D eigenvalue weighted by molar-refractivity contribution is 7.71. The fraction of sp³-hybridized carbons (Fsp3) is 0.167. The summed E-state index contributed by atoms with van der Waals surface area (Å²) < 4.78 is 21.0. The van der Waals surface area contributed by atoms with E-state index < -0.39 is 10.7 Å². The van der Waals surface area contributed by atoms with E-state index in [0.29, 0.717) is 16.9 Å². The summed E-state index contributed by atoms with van der Waals surface area (Å²) >= 11 is 0. The van der Waals surface area contributed by atoms with Crippen molar-refractivity contribution in [2.75, 3.05) is 0 Å². The molecule has 1 N–H and O–H groups in total. The van der Waals surface area contributed by atoms with Gasteiger partial charge in [0, 0.05) is 0 Å². The largest absolute Gasteiger partial charge is 0.342 e. The summed E-state index contributed by atoms with van der Waals surface area (Å²) in [5, 5.41) is 0. The lowest BCUT2D eigenvalue weighted by Crippen LogP contribution is -1.94. The highest BCUT2D eigenvalue weighted by Gasteiger charge is 2.05. The Labute approximate surface area is 75.0 Å². The van der Waals surface area contributed by atoms with Gasteiger partial charge in [-0.2, -0.15) is 0 Å². The molecular weight excluding hydrogens is 192 g/mol. The molecule has 0 spiro atoms. The quantitative estimate of drug-likeness (QED) is 0.633. The molecule has 0 unspecified atom stereocenters. The van der Waals surface area contributed by atoms with Crippen LogP contribution >= 0.6 is 0 Å². The van der Waals surface area contributed by atoms with Crippen molar-refractivity contribution < 1.29 is 8.42 Å². The van der Waals surface area contributed by atoms with E-state index in [-0.39, 0.29) is 5.75 Å². The first-order valence-electron chi connectivity index (χ1n) is 3.52. The average Bonchev–Trinajstić information content (AvgIpc) is 2.51. The summed E-state index contributed by atoms with van der Waals surface area (Å²) in [4.78, 5) is 14.4. The number of rotatable bonds is 2. The van der Waals surface area contributed by atoms with Crippen molar-refractivity contribution in [1.82, 2.24) is 19.9 Å². The van der Waals surface area contributed by atoms with Gasteiger partial charge in [-0.05, 0) is 0 Å². The number of hydrogen-bond acceptors (Lipinski definition) is 5. The van der Waals surface area contributed by atoms with E-state index in [1.54, 1.807) is 0 Å². The SMILES string of the molecule is O=[SH](=O)Cc1ncnc2nc[nH]c12. The summed E-state index contributed by atoms with van der Waals surface area (Å²) in [6.45, 7) is 0. The number of nitrogens with zero attached hydrogens (tertiary/aromatic N) is 3. The monoisotopic (exact) mass is 198 g/mol. The van der Waals surface area contributed by atoms with Gasteiger partial charge in [0.25, 0.3) is 0 Å². The third kappa shape index (κ3) is 1.50. The molecule has 0 atom stereocenters. The van der Waals surface area contributed by atoms with Gasteiger partial charge in [0.1, 0.15) is 22.5 Å². The second-order valence-corrected chi connectivity index (χ2v) is 3.39. The van der Waals surface area contributed by atoms with E-state index in [1.165, 1.54) is 12.7 Å². The Kier molecular flexibility index (Phi) is 1.93. The number of aromatic amines is 1. The van der Waals surface area contributed by atoms with Crippen molar-refractivity contribution in [2.24, 2.45) is 0 Å². The Hall–Kier alpha value is -1.50. The molecule has 0 fully saturated rings. The number of nitrogens with one attached hydrogen (secondary N) is 1. The van der Waals surface area contributed by atoms with Gasteiger partial charge in [0.05, 0.1) is 17.8 Å². The van der Waals surface area contributed by atoms with Gasteiger partial charge in [-0.3, -0.25) is 0 Å². The van der Waals surface area contributed by atoms with Gasteiger partial charge < -0.3 is 4.98 Å². The zero-order valence-electron chi connectivity index (χ0n) is 6.47. The lowest BCUT2D eigenvalue weighted by molar-refractivity contribution is 0.613. The van der Waals surface area contributed by atoms with E-state index >= 15 is 0 Å². The smallest absolute Gasteiger partial charge is 0.180 e. The van der Waals surface area contributed by atoms with E-state index in [9.17, 15) is 8.42 Å². The van der Waals surface area contributed by atoms with Gasteiger partial charge >= 0.3 is 0 Å². The summed E-state index contributed by atoms with van der Waals surface area (Å²) in [7, 11) is -2.47. The third-order valence-corrected chi connectivity index (χ3v) is 2.14. The van der Waals surface area contributed by atoms with E-state index in [4.69, 9.17) is 0 Å². The molecule has 2 rings (SSSR count). The fourth-order valence-electron chi connectivity index (χ4n) is 1.06. The first kappa shape index (κ1) is 8.11. The van der Waals surface area contributed by atoms with Crippen LogP contribution in [0.1, 0.15) is 5.69 Å². The highest BCUT2D eigenvalue weighted by atomic mass is 32.2. The van der Waals surface area contributed by atoms with Crippen LogP contribution in [0.25, 0.3) is 11.2 Å². The van der Waals surface area contributed by atoms with Gasteiger partial charge in [-0.1, -0.05) is 0 Å². The molecule has 2 aromatic heterocycles. The molecule has 0 aromatic carbocycles. The van der Waals surface area contributed by atoms with Crippen molar-refractivity contribution in [3.05, 3.63) is 18.3 Å². The lowest BCUT2D eigenvalue weighted by atomic mass is 10.4. The van der Waals surface area contributed by atoms with Crippen LogP contribution in [-0.4, -0.2) is 28.4 Å². The molecule has 7 heteroatoms. The molecular formula is C6H6N4O2S. The molecule has 2 heterocycles. The Morgan fingerprint density at radius 1 is 1.31 bits per heavy atom. The topological polar surface area (TPSA) is 88.6 Å². The first-order valence-corrected chi connectivity index (χ1v) is 4.88. The Balaban J connectivity index is 2.60. The number of fused-ring (bicyclic) bond motifs is 1. The lowest BCUT2D eigenvalue weighted by Gasteiger charge is -1.93. The first-order chi connectivity index (χ1) is 6.27. The molecule has 68 valence electrons. The van der Waals surface area contributed by atoms with Crippen LogP contribution < -0.4 is 0 Å². The van der Waals surface area contributed by atoms with Crippen LogP contribution in [0.15, 0.2) is 12.7 Å². The predicted molar refractivity (Wildman–Crippen MR) is 45.7 cm³/mol. The van der Waals surface area contributed by atoms with Crippen molar-refractivity contribution in [3.63, 3.8) is 0 Å². The van der Waals surface area contributed by atoms with Crippen molar-refractivity contribution in [1.29, 1.82) is 0 Å². The minimum Gasteiger partial charge on any atom is -0.342 e. The molecule has 0 aliphatic heterocycles. The molecule has 0 amide bonds. The van der Waals surface area contributed by atoms with E-state index in [2.05, 4.69) is 19.9 Å². The molecule has 6 nitrogen and oxygen atoms in total. The Morgan fingerprint density at radius 2 is 2.15 bits per heavy atom. The summed E-state index contributed by atoms with van der Waals surface area (Å²) in [5.41, 5.74) is 1.53. The van der Waals surface area contributed by atoms with Gasteiger partial charge in [-0.15, -0.1) is 0 Å². The molecule has 0 aliphatic carbocycles. The third-order valence-electron chi connectivity index (χ3n) is 1.58. The predicted octanol–water partition coefficient (Wildman–Crippen LogP) is -0.536.